The summed E-state index contributed by atoms with van der Waals surface area (Å²) in [5.41, 5.74) is 9.01. The van der Waals surface area contributed by atoms with E-state index in [4.69, 9.17) is 5.73 Å². The number of rotatable bonds is 3. The van der Waals surface area contributed by atoms with Gasteiger partial charge in [-0.15, -0.1) is 11.8 Å². The highest BCUT2D eigenvalue weighted by molar-refractivity contribution is 7.98. The minimum absolute atomic E-state index is 0.555. The lowest BCUT2D eigenvalue weighted by molar-refractivity contribution is 1.22. The fraction of sp³-hybridized carbons (Fsp3) is 0.125. The number of anilines is 1. The van der Waals surface area contributed by atoms with E-state index in [-0.39, 0.29) is 0 Å². The normalized spacial score (nSPS) is 10.8. The second-order valence-corrected chi connectivity index (χ2v) is 5.70. The van der Waals surface area contributed by atoms with E-state index in [1.807, 2.05) is 31.3 Å². The molecular weight excluding hydrogens is 266 g/mol. The van der Waals surface area contributed by atoms with Gasteiger partial charge >= 0.3 is 0 Å². The summed E-state index contributed by atoms with van der Waals surface area (Å²) in [4.78, 5) is 9.80. The van der Waals surface area contributed by atoms with Gasteiger partial charge in [0.2, 0.25) is 0 Å². The number of pyridine rings is 2. The number of hydrogen-bond donors (Lipinski definition) is 1. The molecule has 2 aromatic heterocycles. The summed E-state index contributed by atoms with van der Waals surface area (Å²) in [5, 5.41) is 1.22. The summed E-state index contributed by atoms with van der Waals surface area (Å²) in [6.45, 7) is 2.03. The highest BCUT2D eigenvalue weighted by Gasteiger charge is 2.04. The van der Waals surface area contributed by atoms with Gasteiger partial charge in [-0.3, -0.25) is 4.98 Å². The third-order valence-corrected chi connectivity index (χ3v) is 4.11. The molecule has 3 aromatic rings. The zero-order valence-corrected chi connectivity index (χ0v) is 12.0. The van der Waals surface area contributed by atoms with Crippen LogP contribution in [0.2, 0.25) is 0 Å². The highest BCUT2D eigenvalue weighted by Crippen LogP contribution is 2.27. The van der Waals surface area contributed by atoms with Crippen LogP contribution in [0.15, 0.2) is 53.6 Å². The molecular formula is C16H15N3S. The average molecular weight is 281 g/mol. The van der Waals surface area contributed by atoms with E-state index in [0.29, 0.717) is 5.82 Å². The number of aromatic nitrogens is 2. The first kappa shape index (κ1) is 12.9. The summed E-state index contributed by atoms with van der Waals surface area (Å²) >= 11 is 1.76. The predicted molar refractivity (Wildman–Crippen MR) is 84.7 cm³/mol. The minimum Gasteiger partial charge on any atom is -0.384 e. The number of para-hydroxylation sites is 1. The van der Waals surface area contributed by atoms with Crippen LogP contribution >= 0.6 is 11.8 Å². The van der Waals surface area contributed by atoms with E-state index in [1.165, 1.54) is 10.9 Å². The van der Waals surface area contributed by atoms with Crippen molar-refractivity contribution < 1.29 is 0 Å². The van der Waals surface area contributed by atoms with Gasteiger partial charge in [-0.1, -0.05) is 18.2 Å². The van der Waals surface area contributed by atoms with Gasteiger partial charge in [-0.2, -0.15) is 0 Å². The van der Waals surface area contributed by atoms with E-state index in [2.05, 4.69) is 34.2 Å². The van der Waals surface area contributed by atoms with E-state index in [1.54, 1.807) is 11.8 Å². The van der Waals surface area contributed by atoms with Crippen LogP contribution in [0, 0.1) is 6.92 Å². The first-order chi connectivity index (χ1) is 9.72. The Hall–Kier alpha value is -2.07. The maximum absolute atomic E-state index is 5.60. The zero-order valence-electron chi connectivity index (χ0n) is 11.2. The first-order valence-corrected chi connectivity index (χ1v) is 7.40. The van der Waals surface area contributed by atoms with Crippen molar-refractivity contribution in [2.75, 3.05) is 5.73 Å². The Balaban J connectivity index is 1.88. The van der Waals surface area contributed by atoms with Crippen LogP contribution < -0.4 is 5.73 Å². The van der Waals surface area contributed by atoms with Gasteiger partial charge in [0, 0.05) is 27.9 Å². The monoisotopic (exact) mass is 281 g/mol. The topological polar surface area (TPSA) is 51.8 Å². The van der Waals surface area contributed by atoms with Crippen molar-refractivity contribution in [2.45, 2.75) is 17.6 Å². The zero-order chi connectivity index (χ0) is 13.9. The van der Waals surface area contributed by atoms with E-state index in [9.17, 15) is 0 Å². The maximum Gasteiger partial charge on any atom is 0.123 e. The van der Waals surface area contributed by atoms with Crippen LogP contribution in [0.4, 0.5) is 5.82 Å². The van der Waals surface area contributed by atoms with Crippen molar-refractivity contribution in [3.63, 3.8) is 0 Å². The summed E-state index contributed by atoms with van der Waals surface area (Å²) in [5.74, 6) is 1.45. The Morgan fingerprint density at radius 2 is 2.00 bits per heavy atom. The Morgan fingerprint density at radius 3 is 2.80 bits per heavy atom. The summed E-state index contributed by atoms with van der Waals surface area (Å²) in [6, 6.07) is 14.2. The molecule has 0 radical (unpaired) electrons. The summed E-state index contributed by atoms with van der Waals surface area (Å²) in [6.07, 6.45) is 1.82. The number of fused-ring (bicyclic) bond motifs is 1. The van der Waals surface area contributed by atoms with Crippen molar-refractivity contribution in [3.05, 3.63) is 59.9 Å². The predicted octanol–water partition coefficient (Wildman–Crippen LogP) is 3.81. The van der Waals surface area contributed by atoms with Gasteiger partial charge in [-0.25, -0.2) is 4.98 Å². The smallest absolute Gasteiger partial charge is 0.123 e. The summed E-state index contributed by atoms with van der Waals surface area (Å²) in [7, 11) is 0. The third-order valence-electron chi connectivity index (χ3n) is 3.08. The molecule has 0 fully saturated rings. The average Bonchev–Trinajstić information content (AvgIpc) is 2.46. The minimum atomic E-state index is 0.555. The van der Waals surface area contributed by atoms with Crippen molar-refractivity contribution >= 4 is 28.5 Å². The number of thioether (sulfide) groups is 1. The highest BCUT2D eigenvalue weighted by atomic mass is 32.2. The van der Waals surface area contributed by atoms with E-state index in [0.717, 1.165) is 21.9 Å². The van der Waals surface area contributed by atoms with Crippen molar-refractivity contribution in [1.29, 1.82) is 0 Å². The lowest BCUT2D eigenvalue weighted by Gasteiger charge is -2.07. The molecule has 2 heterocycles. The quantitative estimate of drug-likeness (QED) is 0.742. The molecule has 0 saturated carbocycles. The Morgan fingerprint density at radius 1 is 1.15 bits per heavy atom. The van der Waals surface area contributed by atoms with Gasteiger partial charge in [0.05, 0.1) is 5.52 Å². The van der Waals surface area contributed by atoms with Crippen LogP contribution in [0.25, 0.3) is 10.9 Å². The van der Waals surface area contributed by atoms with Gasteiger partial charge in [0.25, 0.3) is 0 Å². The number of nitrogens with two attached hydrogens (primary N) is 1. The molecule has 3 rings (SSSR count). The van der Waals surface area contributed by atoms with Crippen molar-refractivity contribution in [2.24, 2.45) is 0 Å². The summed E-state index contributed by atoms with van der Waals surface area (Å²) < 4.78 is 0. The Bertz CT molecular complexity index is 738. The van der Waals surface area contributed by atoms with Crippen LogP contribution in [0.3, 0.4) is 0 Å². The molecule has 0 spiro atoms. The molecule has 100 valence electrons. The maximum atomic E-state index is 5.60. The molecule has 0 amide bonds. The van der Waals surface area contributed by atoms with E-state index < -0.39 is 0 Å². The first-order valence-electron chi connectivity index (χ1n) is 6.42. The van der Waals surface area contributed by atoms with Crippen molar-refractivity contribution in [1.82, 2.24) is 9.97 Å². The second kappa shape index (κ2) is 5.51. The van der Waals surface area contributed by atoms with E-state index >= 15 is 0 Å². The Labute approximate surface area is 122 Å². The molecule has 4 heteroatoms. The molecule has 2 N–H and O–H groups in total. The Kier molecular flexibility index (Phi) is 3.56. The SMILES string of the molecule is Cc1cc(CSc2ccc(N)nc2)c2ccccc2n1. The number of nitrogen functional groups attached to an aromatic ring is 1. The van der Waals surface area contributed by atoms with Crippen LogP contribution in [0.5, 0.6) is 0 Å². The molecule has 0 aliphatic heterocycles. The second-order valence-electron chi connectivity index (χ2n) is 4.65. The van der Waals surface area contributed by atoms with Gasteiger partial charge in [-0.05, 0) is 36.8 Å². The van der Waals surface area contributed by atoms with Gasteiger partial charge in [0.15, 0.2) is 0 Å². The molecule has 1 aromatic carbocycles. The molecule has 0 unspecified atom stereocenters. The third kappa shape index (κ3) is 2.75. The van der Waals surface area contributed by atoms with Crippen molar-refractivity contribution in [3.8, 4) is 0 Å². The molecule has 20 heavy (non-hydrogen) atoms. The molecule has 0 aliphatic rings. The number of hydrogen-bond acceptors (Lipinski definition) is 4. The standard InChI is InChI=1S/C16H15N3S/c1-11-8-12(14-4-2-3-5-15(14)19-11)10-20-13-6-7-16(17)18-9-13/h2-9H,10H2,1H3,(H2,17,18). The molecule has 3 nitrogen and oxygen atoms in total. The van der Waals surface area contributed by atoms with Crippen LogP contribution in [-0.4, -0.2) is 9.97 Å². The molecule has 0 aliphatic carbocycles. The van der Waals surface area contributed by atoms with Gasteiger partial charge in [0.1, 0.15) is 5.82 Å². The van der Waals surface area contributed by atoms with Gasteiger partial charge < -0.3 is 5.73 Å². The number of nitrogens with zero attached hydrogens (tertiary/aromatic N) is 2. The lowest BCUT2D eigenvalue weighted by atomic mass is 10.1. The largest absolute Gasteiger partial charge is 0.384 e. The van der Waals surface area contributed by atoms with Crippen LogP contribution in [-0.2, 0) is 5.75 Å². The fourth-order valence-electron chi connectivity index (χ4n) is 2.15. The molecule has 0 saturated heterocycles. The number of aryl methyl sites for hydroxylation is 1. The number of benzene rings is 1. The molecule has 0 bridgehead atoms. The lowest BCUT2D eigenvalue weighted by Crippen LogP contribution is -1.91. The molecule has 0 atom stereocenters. The fourth-order valence-corrected chi connectivity index (χ4v) is 3.00. The van der Waals surface area contributed by atoms with Crippen LogP contribution in [0.1, 0.15) is 11.3 Å².